The maximum atomic E-state index is 12.6. The van der Waals surface area contributed by atoms with Crippen LogP contribution in [0.3, 0.4) is 0 Å². The molecular weight excluding hydrogens is 322 g/mol. The van der Waals surface area contributed by atoms with Gasteiger partial charge in [0.25, 0.3) is 5.91 Å². The minimum absolute atomic E-state index is 0.0663. The molecule has 1 aromatic carbocycles. The molecule has 2 atom stereocenters. The molecule has 6 heteroatoms. The van der Waals surface area contributed by atoms with Crippen molar-refractivity contribution in [1.82, 2.24) is 5.32 Å². The van der Waals surface area contributed by atoms with Crippen molar-refractivity contribution >= 4 is 22.8 Å². The lowest BCUT2D eigenvalue weighted by atomic mass is 9.68. The lowest BCUT2D eigenvalue weighted by Gasteiger charge is -2.38. The predicted molar refractivity (Wildman–Crippen MR) is 92.5 cm³/mol. The molecule has 1 saturated carbocycles. The Morgan fingerprint density at radius 2 is 1.92 bits per heavy atom. The van der Waals surface area contributed by atoms with Gasteiger partial charge in [-0.25, -0.2) is 0 Å². The molecule has 6 nitrogen and oxygen atoms in total. The lowest BCUT2D eigenvalue weighted by Crippen LogP contribution is -2.49. The molecule has 2 aromatic rings. The Morgan fingerprint density at radius 1 is 1.24 bits per heavy atom. The van der Waals surface area contributed by atoms with Crippen LogP contribution in [0.4, 0.5) is 0 Å². The molecule has 0 radical (unpaired) electrons. The van der Waals surface area contributed by atoms with E-state index in [4.69, 9.17) is 4.42 Å². The monoisotopic (exact) mass is 343 g/mol. The van der Waals surface area contributed by atoms with E-state index in [0.717, 1.165) is 0 Å². The highest BCUT2D eigenvalue weighted by Crippen LogP contribution is 2.52. The van der Waals surface area contributed by atoms with Gasteiger partial charge in [0, 0.05) is 17.5 Å². The number of para-hydroxylation sites is 1. The highest BCUT2D eigenvalue weighted by Gasteiger charge is 2.56. The highest BCUT2D eigenvalue weighted by atomic mass is 16.4. The highest BCUT2D eigenvalue weighted by molar-refractivity contribution is 5.93. The zero-order valence-corrected chi connectivity index (χ0v) is 14.5. The first-order valence-corrected chi connectivity index (χ1v) is 8.24. The maximum absolute atomic E-state index is 12.6. The van der Waals surface area contributed by atoms with Crippen LogP contribution in [0.2, 0.25) is 0 Å². The summed E-state index contributed by atoms with van der Waals surface area (Å²) in [4.78, 5) is 36.4. The SMILES string of the molecule is CC1(C)[C@@H](NC(=O)c2cc(=O)c3ccccc3o2)CC[C@@]1(C)C(=O)O. The molecule has 1 aromatic heterocycles. The second-order valence-corrected chi connectivity index (χ2v) is 7.39. The van der Waals surface area contributed by atoms with Crippen LogP contribution in [0.15, 0.2) is 39.5 Å². The van der Waals surface area contributed by atoms with Crippen molar-refractivity contribution in [3.05, 3.63) is 46.3 Å². The van der Waals surface area contributed by atoms with Crippen molar-refractivity contribution in [2.45, 2.75) is 39.7 Å². The molecule has 1 amide bonds. The summed E-state index contributed by atoms with van der Waals surface area (Å²) < 4.78 is 5.55. The molecule has 132 valence electrons. The van der Waals surface area contributed by atoms with Crippen LogP contribution >= 0.6 is 0 Å². The molecule has 1 fully saturated rings. The molecule has 1 heterocycles. The van der Waals surface area contributed by atoms with E-state index in [9.17, 15) is 19.5 Å². The number of benzene rings is 1. The first-order chi connectivity index (χ1) is 11.7. The summed E-state index contributed by atoms with van der Waals surface area (Å²) in [6.07, 6.45) is 1.03. The molecule has 25 heavy (non-hydrogen) atoms. The van der Waals surface area contributed by atoms with Crippen LogP contribution in [0, 0.1) is 10.8 Å². The van der Waals surface area contributed by atoms with Gasteiger partial charge in [0.05, 0.1) is 10.8 Å². The molecule has 3 rings (SSSR count). The van der Waals surface area contributed by atoms with Crippen molar-refractivity contribution in [1.29, 1.82) is 0 Å². The molecular formula is C19H21NO5. The van der Waals surface area contributed by atoms with E-state index in [1.807, 2.05) is 13.8 Å². The van der Waals surface area contributed by atoms with Crippen LogP contribution in [-0.4, -0.2) is 23.0 Å². The minimum Gasteiger partial charge on any atom is -0.481 e. The smallest absolute Gasteiger partial charge is 0.309 e. The zero-order valence-electron chi connectivity index (χ0n) is 14.5. The van der Waals surface area contributed by atoms with Gasteiger partial charge in [0.1, 0.15) is 5.58 Å². The average molecular weight is 343 g/mol. The number of carbonyl (C=O) groups is 2. The second kappa shape index (κ2) is 5.72. The molecule has 0 spiro atoms. The van der Waals surface area contributed by atoms with Gasteiger partial charge >= 0.3 is 5.97 Å². The molecule has 0 aliphatic heterocycles. The first kappa shape index (κ1) is 17.2. The maximum Gasteiger partial charge on any atom is 0.309 e. The van der Waals surface area contributed by atoms with Crippen LogP contribution in [0.5, 0.6) is 0 Å². The summed E-state index contributed by atoms with van der Waals surface area (Å²) >= 11 is 0. The summed E-state index contributed by atoms with van der Waals surface area (Å²) in [6, 6.07) is 7.59. The molecule has 0 saturated heterocycles. The fourth-order valence-electron chi connectivity index (χ4n) is 3.58. The van der Waals surface area contributed by atoms with E-state index >= 15 is 0 Å². The fourth-order valence-corrected chi connectivity index (χ4v) is 3.58. The van der Waals surface area contributed by atoms with Gasteiger partial charge < -0.3 is 14.8 Å². The Labute approximate surface area is 144 Å². The van der Waals surface area contributed by atoms with Crippen molar-refractivity contribution in [3.8, 4) is 0 Å². The third-order valence-corrected chi connectivity index (χ3v) is 5.86. The topological polar surface area (TPSA) is 96.6 Å². The fraction of sp³-hybridized carbons (Fsp3) is 0.421. The summed E-state index contributed by atoms with van der Waals surface area (Å²) in [7, 11) is 0. The van der Waals surface area contributed by atoms with Crippen LogP contribution < -0.4 is 10.7 Å². The normalized spacial score (nSPS) is 25.0. The number of carboxylic acids is 1. The number of hydrogen-bond donors (Lipinski definition) is 2. The van der Waals surface area contributed by atoms with Crippen LogP contribution in [0.1, 0.15) is 44.2 Å². The van der Waals surface area contributed by atoms with Crippen LogP contribution in [-0.2, 0) is 4.79 Å². The van der Waals surface area contributed by atoms with Gasteiger partial charge in [-0.15, -0.1) is 0 Å². The third kappa shape index (κ3) is 2.62. The van der Waals surface area contributed by atoms with Crippen LogP contribution in [0.25, 0.3) is 11.0 Å². The van der Waals surface area contributed by atoms with E-state index in [-0.39, 0.29) is 17.2 Å². The summed E-state index contributed by atoms with van der Waals surface area (Å²) in [5.74, 6) is -1.44. The predicted octanol–water partition coefficient (Wildman–Crippen LogP) is 2.80. The lowest BCUT2D eigenvalue weighted by molar-refractivity contribution is -0.153. The number of rotatable bonds is 3. The Kier molecular flexibility index (Phi) is 3.94. The standard InChI is InChI=1S/C19H21NO5/c1-18(2)15(8-9-19(18,3)17(23)24)20-16(22)14-10-12(21)11-6-4-5-7-13(11)25-14/h4-7,10,15H,8-9H2,1-3H3,(H,20,22)(H,23,24)/t15-,19-/m0/s1. The van der Waals surface area contributed by atoms with E-state index in [0.29, 0.717) is 23.8 Å². The van der Waals surface area contributed by atoms with Gasteiger partial charge in [-0.3, -0.25) is 14.4 Å². The molecule has 0 bridgehead atoms. The Bertz CT molecular complexity index is 913. The van der Waals surface area contributed by atoms with E-state index in [1.165, 1.54) is 6.07 Å². The first-order valence-electron chi connectivity index (χ1n) is 8.24. The summed E-state index contributed by atoms with van der Waals surface area (Å²) in [6.45, 7) is 5.39. The Morgan fingerprint density at radius 3 is 2.56 bits per heavy atom. The van der Waals surface area contributed by atoms with E-state index in [2.05, 4.69) is 5.32 Å². The van der Waals surface area contributed by atoms with Gasteiger partial charge in [-0.05, 0) is 31.9 Å². The van der Waals surface area contributed by atoms with Gasteiger partial charge in [-0.2, -0.15) is 0 Å². The van der Waals surface area contributed by atoms with Crippen molar-refractivity contribution in [2.75, 3.05) is 0 Å². The Hall–Kier alpha value is -2.63. The quantitative estimate of drug-likeness (QED) is 0.893. The molecule has 1 aliphatic rings. The molecule has 1 aliphatic carbocycles. The van der Waals surface area contributed by atoms with E-state index < -0.39 is 22.7 Å². The van der Waals surface area contributed by atoms with Gasteiger partial charge in [0.15, 0.2) is 11.2 Å². The summed E-state index contributed by atoms with van der Waals surface area (Å²) in [5.41, 5.74) is -1.49. The van der Waals surface area contributed by atoms with Crippen molar-refractivity contribution in [3.63, 3.8) is 0 Å². The number of aliphatic carboxylic acids is 1. The number of carboxylic acid groups (broad SMARTS) is 1. The molecule has 2 N–H and O–H groups in total. The minimum atomic E-state index is -0.921. The average Bonchev–Trinajstić information content (AvgIpc) is 2.79. The summed E-state index contributed by atoms with van der Waals surface area (Å²) in [5, 5.41) is 12.8. The third-order valence-electron chi connectivity index (χ3n) is 5.86. The zero-order chi connectivity index (χ0) is 18.4. The van der Waals surface area contributed by atoms with Gasteiger partial charge in [-0.1, -0.05) is 26.0 Å². The van der Waals surface area contributed by atoms with Crippen molar-refractivity contribution in [2.24, 2.45) is 10.8 Å². The second-order valence-electron chi connectivity index (χ2n) is 7.39. The largest absolute Gasteiger partial charge is 0.481 e. The number of carbonyl (C=O) groups excluding carboxylic acids is 1. The molecule has 0 unspecified atom stereocenters. The van der Waals surface area contributed by atoms with Crippen molar-refractivity contribution < 1.29 is 19.1 Å². The Balaban J connectivity index is 1.89. The number of amides is 1. The van der Waals surface area contributed by atoms with E-state index in [1.54, 1.807) is 31.2 Å². The number of hydrogen-bond acceptors (Lipinski definition) is 4. The van der Waals surface area contributed by atoms with Gasteiger partial charge in [0.2, 0.25) is 0 Å². The number of nitrogens with one attached hydrogen (secondary N) is 1. The number of fused-ring (bicyclic) bond motifs is 1.